The van der Waals surface area contributed by atoms with Gasteiger partial charge in [0.25, 0.3) is 0 Å². The van der Waals surface area contributed by atoms with E-state index >= 15 is 0 Å². The minimum absolute atomic E-state index is 0.0418. The smallest absolute Gasteiger partial charge is 0.224 e. The molecule has 2 aromatic rings. The number of anilines is 1. The number of hydrogen-bond acceptors (Lipinski definition) is 4. The molecule has 1 aliphatic heterocycles. The number of nitrogens with one attached hydrogen (secondary N) is 2. The molecule has 0 atom stereocenters. The maximum atomic E-state index is 11.7. The van der Waals surface area contributed by atoms with E-state index in [0.29, 0.717) is 18.0 Å². The molecule has 1 amide bonds. The highest BCUT2D eigenvalue weighted by Crippen LogP contribution is 2.12. The van der Waals surface area contributed by atoms with Gasteiger partial charge in [0.2, 0.25) is 5.91 Å². The van der Waals surface area contributed by atoms with Gasteiger partial charge >= 0.3 is 0 Å². The fourth-order valence-corrected chi connectivity index (χ4v) is 1.97. The van der Waals surface area contributed by atoms with Crippen LogP contribution < -0.4 is 10.6 Å². The number of carbonyl (C=O) groups is 1. The Morgan fingerprint density at radius 2 is 2.37 bits per heavy atom. The van der Waals surface area contributed by atoms with Crippen molar-refractivity contribution in [3.05, 3.63) is 36.8 Å². The summed E-state index contributed by atoms with van der Waals surface area (Å²) in [5.74, 6) is 1.24. The van der Waals surface area contributed by atoms with Gasteiger partial charge in [0.05, 0.1) is 11.9 Å². The van der Waals surface area contributed by atoms with Gasteiger partial charge < -0.3 is 10.6 Å². The summed E-state index contributed by atoms with van der Waals surface area (Å²) in [6.07, 6.45) is 5.73. The van der Waals surface area contributed by atoms with E-state index in [1.54, 1.807) is 17.1 Å². The predicted molar refractivity (Wildman–Crippen MR) is 71.0 cm³/mol. The summed E-state index contributed by atoms with van der Waals surface area (Å²) >= 11 is 0. The zero-order chi connectivity index (χ0) is 13.1. The van der Waals surface area contributed by atoms with E-state index in [4.69, 9.17) is 0 Å². The van der Waals surface area contributed by atoms with Crippen LogP contribution in [0.2, 0.25) is 0 Å². The molecular formula is C13H15N5O. The molecule has 6 heteroatoms. The highest BCUT2D eigenvalue weighted by molar-refractivity contribution is 5.90. The number of hydrogen-bond donors (Lipinski definition) is 2. The first kappa shape index (κ1) is 11.9. The van der Waals surface area contributed by atoms with Gasteiger partial charge in [-0.05, 0) is 37.2 Å². The number of pyridine rings is 1. The van der Waals surface area contributed by atoms with Gasteiger partial charge in [-0.25, -0.2) is 9.67 Å². The predicted octanol–water partition coefficient (Wildman–Crippen LogP) is 0.815. The zero-order valence-corrected chi connectivity index (χ0v) is 10.4. The first-order chi connectivity index (χ1) is 9.31. The average Bonchev–Trinajstić information content (AvgIpc) is 2.89. The lowest BCUT2D eigenvalue weighted by molar-refractivity contribution is -0.117. The fraction of sp³-hybridized carbons (Fsp3) is 0.308. The zero-order valence-electron chi connectivity index (χ0n) is 10.4. The van der Waals surface area contributed by atoms with Crippen LogP contribution in [0.5, 0.6) is 0 Å². The molecule has 2 aromatic heterocycles. The van der Waals surface area contributed by atoms with Gasteiger partial charge in [-0.15, -0.1) is 0 Å². The maximum absolute atomic E-state index is 11.7. The van der Waals surface area contributed by atoms with Gasteiger partial charge in [0.15, 0.2) is 5.82 Å². The summed E-state index contributed by atoms with van der Waals surface area (Å²) in [7, 11) is 0. The lowest BCUT2D eigenvalue weighted by Crippen LogP contribution is -2.43. The summed E-state index contributed by atoms with van der Waals surface area (Å²) < 4.78 is 1.67. The summed E-state index contributed by atoms with van der Waals surface area (Å²) in [5, 5.41) is 10.1. The number of amides is 1. The quantitative estimate of drug-likeness (QED) is 0.850. The van der Waals surface area contributed by atoms with Crippen molar-refractivity contribution in [2.75, 3.05) is 18.4 Å². The Morgan fingerprint density at radius 3 is 2.95 bits per heavy atom. The number of rotatable bonds is 4. The van der Waals surface area contributed by atoms with Crippen molar-refractivity contribution >= 4 is 11.6 Å². The van der Waals surface area contributed by atoms with Gasteiger partial charge in [-0.3, -0.25) is 4.79 Å². The molecule has 98 valence electrons. The Labute approximate surface area is 110 Å². The third kappa shape index (κ3) is 2.79. The second-order valence-corrected chi connectivity index (χ2v) is 4.63. The SMILES string of the molecule is O=C(CC1CNC1)Nc1ccc(-n2cccn2)nc1. The van der Waals surface area contributed by atoms with Crippen LogP contribution in [0, 0.1) is 5.92 Å². The van der Waals surface area contributed by atoms with Crippen LogP contribution in [0.25, 0.3) is 5.82 Å². The normalized spacial score (nSPS) is 14.9. The molecule has 6 nitrogen and oxygen atoms in total. The molecule has 3 rings (SSSR count). The van der Waals surface area contributed by atoms with Gasteiger partial charge in [0, 0.05) is 18.8 Å². The highest BCUT2D eigenvalue weighted by atomic mass is 16.1. The molecule has 2 N–H and O–H groups in total. The third-order valence-electron chi connectivity index (χ3n) is 3.11. The molecule has 1 aliphatic rings. The van der Waals surface area contributed by atoms with E-state index in [1.807, 2.05) is 24.4 Å². The largest absolute Gasteiger partial charge is 0.325 e. The van der Waals surface area contributed by atoms with Crippen molar-refractivity contribution in [2.24, 2.45) is 5.92 Å². The summed E-state index contributed by atoms with van der Waals surface area (Å²) in [6, 6.07) is 5.50. The van der Waals surface area contributed by atoms with Crippen molar-refractivity contribution in [3.8, 4) is 5.82 Å². The monoisotopic (exact) mass is 257 g/mol. The van der Waals surface area contributed by atoms with E-state index in [0.717, 1.165) is 18.9 Å². The first-order valence-electron chi connectivity index (χ1n) is 6.28. The van der Waals surface area contributed by atoms with Crippen molar-refractivity contribution < 1.29 is 4.79 Å². The summed E-state index contributed by atoms with van der Waals surface area (Å²) in [5.41, 5.74) is 0.716. The highest BCUT2D eigenvalue weighted by Gasteiger charge is 2.19. The number of aromatic nitrogens is 3. The Bertz CT molecular complexity index is 545. The Morgan fingerprint density at radius 1 is 1.47 bits per heavy atom. The lowest BCUT2D eigenvalue weighted by Gasteiger charge is -2.26. The van der Waals surface area contributed by atoms with Crippen molar-refractivity contribution in [3.63, 3.8) is 0 Å². The van der Waals surface area contributed by atoms with E-state index in [1.165, 1.54) is 0 Å². The third-order valence-corrected chi connectivity index (χ3v) is 3.11. The van der Waals surface area contributed by atoms with Crippen LogP contribution in [0.3, 0.4) is 0 Å². The number of nitrogens with zero attached hydrogens (tertiary/aromatic N) is 3. The molecular weight excluding hydrogens is 242 g/mol. The second kappa shape index (κ2) is 5.19. The minimum Gasteiger partial charge on any atom is -0.325 e. The average molecular weight is 257 g/mol. The van der Waals surface area contributed by atoms with Crippen molar-refractivity contribution in [1.82, 2.24) is 20.1 Å². The van der Waals surface area contributed by atoms with Crippen LogP contribution >= 0.6 is 0 Å². The molecule has 1 fully saturated rings. The Kier molecular flexibility index (Phi) is 3.24. The van der Waals surface area contributed by atoms with E-state index in [-0.39, 0.29) is 5.91 Å². The molecule has 0 spiro atoms. The second-order valence-electron chi connectivity index (χ2n) is 4.63. The Balaban J connectivity index is 1.61. The lowest BCUT2D eigenvalue weighted by atomic mass is 9.99. The van der Waals surface area contributed by atoms with Crippen molar-refractivity contribution in [2.45, 2.75) is 6.42 Å². The molecule has 19 heavy (non-hydrogen) atoms. The molecule has 0 aliphatic carbocycles. The summed E-state index contributed by atoms with van der Waals surface area (Å²) in [6.45, 7) is 1.87. The van der Waals surface area contributed by atoms with Crippen molar-refractivity contribution in [1.29, 1.82) is 0 Å². The topological polar surface area (TPSA) is 71.8 Å². The van der Waals surface area contributed by atoms with Gasteiger partial charge in [0.1, 0.15) is 0 Å². The molecule has 0 aromatic carbocycles. The van der Waals surface area contributed by atoms with Crippen LogP contribution in [0.4, 0.5) is 5.69 Å². The Hall–Kier alpha value is -2.21. The molecule has 0 radical (unpaired) electrons. The van der Waals surface area contributed by atoms with E-state index in [9.17, 15) is 4.79 Å². The van der Waals surface area contributed by atoms with Crippen LogP contribution in [-0.2, 0) is 4.79 Å². The molecule has 3 heterocycles. The van der Waals surface area contributed by atoms with Gasteiger partial charge in [-0.1, -0.05) is 0 Å². The number of carbonyl (C=O) groups excluding carboxylic acids is 1. The minimum atomic E-state index is 0.0418. The van der Waals surface area contributed by atoms with Crippen LogP contribution in [0.15, 0.2) is 36.8 Å². The summed E-state index contributed by atoms with van der Waals surface area (Å²) in [4.78, 5) is 16.0. The molecule has 0 bridgehead atoms. The standard InChI is InChI=1S/C13H15N5O/c19-13(6-10-7-14-8-10)17-11-2-3-12(15-9-11)18-5-1-4-16-18/h1-5,9-10,14H,6-8H2,(H,17,19). The fourth-order valence-electron chi connectivity index (χ4n) is 1.97. The van der Waals surface area contributed by atoms with Crippen LogP contribution in [0.1, 0.15) is 6.42 Å². The molecule has 0 unspecified atom stereocenters. The van der Waals surface area contributed by atoms with Gasteiger partial charge in [-0.2, -0.15) is 5.10 Å². The maximum Gasteiger partial charge on any atom is 0.224 e. The molecule has 0 saturated carbocycles. The van der Waals surface area contributed by atoms with E-state index < -0.39 is 0 Å². The molecule has 1 saturated heterocycles. The first-order valence-corrected chi connectivity index (χ1v) is 6.28. The van der Waals surface area contributed by atoms with Crippen LogP contribution in [-0.4, -0.2) is 33.8 Å². The van der Waals surface area contributed by atoms with E-state index in [2.05, 4.69) is 20.7 Å².